The van der Waals surface area contributed by atoms with E-state index in [1.807, 2.05) is 14.2 Å². The molecule has 100 valence electrons. The summed E-state index contributed by atoms with van der Waals surface area (Å²) in [6.07, 6.45) is 12.6. The van der Waals surface area contributed by atoms with Crippen molar-refractivity contribution in [2.24, 2.45) is 5.92 Å². The van der Waals surface area contributed by atoms with E-state index in [2.05, 4.69) is 0 Å². The van der Waals surface area contributed by atoms with Crippen LogP contribution in [-0.2, 0) is 8.85 Å². The minimum absolute atomic E-state index is 0.778. The van der Waals surface area contributed by atoms with Gasteiger partial charge in [-0.1, -0.05) is 44.9 Å². The maximum absolute atomic E-state index is 5.95. The molecule has 2 aliphatic rings. The molecule has 0 heterocycles. The summed E-state index contributed by atoms with van der Waals surface area (Å²) in [7, 11) is 1.92. The molecule has 0 atom stereocenters. The Balaban J connectivity index is 1.95. The van der Waals surface area contributed by atoms with E-state index in [4.69, 9.17) is 8.85 Å². The van der Waals surface area contributed by atoms with Crippen molar-refractivity contribution in [3.8, 4) is 0 Å². The molecule has 0 bridgehead atoms. The fraction of sp³-hybridized carbons (Fsp3) is 1.00. The molecule has 0 N–H and O–H groups in total. The zero-order chi connectivity index (χ0) is 12.1. The summed E-state index contributed by atoms with van der Waals surface area (Å²) >= 11 is 0. The Morgan fingerprint density at radius 1 is 0.824 bits per heavy atom. The molecule has 0 unspecified atom stereocenters. The molecule has 0 amide bonds. The van der Waals surface area contributed by atoms with Gasteiger partial charge in [0.2, 0.25) is 0 Å². The van der Waals surface area contributed by atoms with Crippen LogP contribution in [0.1, 0.15) is 57.8 Å². The van der Waals surface area contributed by atoms with Crippen LogP contribution >= 0.6 is 0 Å². The van der Waals surface area contributed by atoms with Gasteiger partial charge >= 0.3 is 8.56 Å². The lowest BCUT2D eigenvalue weighted by molar-refractivity contribution is 0.198. The van der Waals surface area contributed by atoms with Crippen LogP contribution in [0.2, 0.25) is 11.6 Å². The first-order chi connectivity index (χ1) is 8.30. The third-order valence-electron chi connectivity index (χ3n) is 4.97. The van der Waals surface area contributed by atoms with E-state index in [-0.39, 0.29) is 0 Å². The molecule has 0 aliphatic heterocycles. The van der Waals surface area contributed by atoms with Gasteiger partial charge in [0.1, 0.15) is 0 Å². The summed E-state index contributed by atoms with van der Waals surface area (Å²) in [5, 5.41) is 0. The van der Waals surface area contributed by atoms with Gasteiger partial charge in [-0.2, -0.15) is 0 Å². The van der Waals surface area contributed by atoms with Gasteiger partial charge in [-0.25, -0.2) is 0 Å². The average Bonchev–Trinajstić information content (AvgIpc) is 2.54. The lowest BCUT2D eigenvalue weighted by atomic mass is 10.00. The number of rotatable bonds is 5. The number of hydrogen-bond acceptors (Lipinski definition) is 2. The van der Waals surface area contributed by atoms with Crippen LogP contribution < -0.4 is 0 Å². The van der Waals surface area contributed by atoms with Gasteiger partial charge < -0.3 is 8.85 Å². The van der Waals surface area contributed by atoms with Gasteiger partial charge in [0.05, 0.1) is 0 Å². The largest absolute Gasteiger partial charge is 0.397 e. The van der Waals surface area contributed by atoms with Gasteiger partial charge in [-0.15, -0.1) is 0 Å². The van der Waals surface area contributed by atoms with Crippen molar-refractivity contribution in [3.63, 3.8) is 0 Å². The van der Waals surface area contributed by atoms with Gasteiger partial charge in [0.25, 0.3) is 0 Å². The molecule has 2 fully saturated rings. The second-order valence-electron chi connectivity index (χ2n) is 5.91. The Bertz CT molecular complexity index is 216. The molecule has 2 nitrogen and oxygen atoms in total. The van der Waals surface area contributed by atoms with Crippen LogP contribution in [0.25, 0.3) is 0 Å². The molecule has 2 rings (SSSR count). The molecule has 17 heavy (non-hydrogen) atoms. The Labute approximate surface area is 107 Å². The number of hydrogen-bond donors (Lipinski definition) is 0. The quantitative estimate of drug-likeness (QED) is 0.541. The third kappa shape index (κ3) is 3.12. The zero-order valence-electron chi connectivity index (χ0n) is 11.5. The van der Waals surface area contributed by atoms with Crippen LogP contribution in [0.5, 0.6) is 0 Å². The van der Waals surface area contributed by atoms with Crippen molar-refractivity contribution >= 4 is 8.56 Å². The smallest absolute Gasteiger partial charge is 0.341 e. The summed E-state index contributed by atoms with van der Waals surface area (Å²) in [6.45, 7) is 0. The molecule has 0 saturated heterocycles. The van der Waals surface area contributed by atoms with Crippen molar-refractivity contribution < 1.29 is 8.85 Å². The molecule has 2 saturated carbocycles. The van der Waals surface area contributed by atoms with Gasteiger partial charge in [0, 0.05) is 19.8 Å². The molecule has 0 radical (unpaired) electrons. The van der Waals surface area contributed by atoms with Crippen LogP contribution in [0.3, 0.4) is 0 Å². The Hall–Kier alpha value is 0.137. The van der Waals surface area contributed by atoms with Crippen molar-refractivity contribution in [1.82, 2.24) is 0 Å². The topological polar surface area (TPSA) is 18.5 Å². The summed E-state index contributed by atoms with van der Waals surface area (Å²) in [5.41, 5.74) is 0.778. The molecule has 0 aromatic rings. The minimum atomic E-state index is -1.87. The van der Waals surface area contributed by atoms with Gasteiger partial charge in [-0.05, 0) is 24.8 Å². The Kier molecular flexibility index (Phi) is 5.06. The molecular weight excluding hydrogens is 228 g/mol. The molecule has 0 spiro atoms. The highest BCUT2D eigenvalue weighted by molar-refractivity contribution is 6.69. The van der Waals surface area contributed by atoms with E-state index in [1.54, 1.807) is 0 Å². The van der Waals surface area contributed by atoms with E-state index >= 15 is 0 Å². The lowest BCUT2D eigenvalue weighted by Crippen LogP contribution is -2.49. The van der Waals surface area contributed by atoms with Crippen LogP contribution in [0.4, 0.5) is 0 Å². The zero-order valence-corrected chi connectivity index (χ0v) is 12.5. The average molecular weight is 256 g/mol. The van der Waals surface area contributed by atoms with Gasteiger partial charge in [-0.3, -0.25) is 0 Å². The van der Waals surface area contributed by atoms with E-state index < -0.39 is 8.56 Å². The first-order valence-corrected chi connectivity index (χ1v) is 9.51. The lowest BCUT2D eigenvalue weighted by Gasteiger charge is -2.41. The molecular formula is C14H28O2Si. The predicted molar refractivity (Wildman–Crippen MR) is 73.4 cm³/mol. The Morgan fingerprint density at radius 3 is 1.82 bits per heavy atom. The third-order valence-corrected chi connectivity index (χ3v) is 9.32. The SMILES string of the molecule is CO[Si](CC1CCCCCC1)(OC)C1CCC1. The molecule has 3 heteroatoms. The standard InChI is InChI=1S/C14H28O2Si/c1-15-17(16-2,14-10-7-11-14)12-13-8-5-3-4-6-9-13/h13-14H,3-12H2,1-2H3. The fourth-order valence-corrected chi connectivity index (χ4v) is 7.57. The van der Waals surface area contributed by atoms with Crippen molar-refractivity contribution in [3.05, 3.63) is 0 Å². The van der Waals surface area contributed by atoms with Crippen LogP contribution in [0.15, 0.2) is 0 Å². The second kappa shape index (κ2) is 6.35. The van der Waals surface area contributed by atoms with Crippen LogP contribution in [-0.4, -0.2) is 22.8 Å². The normalized spacial score (nSPS) is 24.4. The fourth-order valence-electron chi connectivity index (χ4n) is 3.57. The highest BCUT2D eigenvalue weighted by atomic mass is 28.4. The summed E-state index contributed by atoms with van der Waals surface area (Å²) in [5.74, 6) is 0.879. The van der Waals surface area contributed by atoms with E-state index in [0.29, 0.717) is 0 Å². The predicted octanol–water partition coefficient (Wildman–Crippen LogP) is 4.25. The second-order valence-corrected chi connectivity index (χ2v) is 9.57. The van der Waals surface area contributed by atoms with E-state index in [0.717, 1.165) is 11.5 Å². The minimum Gasteiger partial charge on any atom is -0.397 e. The van der Waals surface area contributed by atoms with E-state index in [1.165, 1.54) is 63.8 Å². The first kappa shape index (κ1) is 13.6. The highest BCUT2D eigenvalue weighted by Crippen LogP contribution is 2.46. The summed E-state index contributed by atoms with van der Waals surface area (Å²) in [4.78, 5) is 0. The summed E-state index contributed by atoms with van der Waals surface area (Å²) < 4.78 is 11.9. The molecule has 0 aromatic heterocycles. The van der Waals surface area contributed by atoms with Crippen molar-refractivity contribution in [2.45, 2.75) is 69.4 Å². The summed E-state index contributed by atoms with van der Waals surface area (Å²) in [6, 6.07) is 1.25. The van der Waals surface area contributed by atoms with E-state index in [9.17, 15) is 0 Å². The first-order valence-electron chi connectivity index (χ1n) is 7.41. The maximum Gasteiger partial charge on any atom is 0.341 e. The Morgan fingerprint density at radius 2 is 1.41 bits per heavy atom. The van der Waals surface area contributed by atoms with Crippen molar-refractivity contribution in [1.29, 1.82) is 0 Å². The van der Waals surface area contributed by atoms with Gasteiger partial charge in [0.15, 0.2) is 0 Å². The molecule has 2 aliphatic carbocycles. The van der Waals surface area contributed by atoms with Crippen LogP contribution in [0, 0.1) is 5.92 Å². The molecule has 0 aromatic carbocycles. The maximum atomic E-state index is 5.95. The monoisotopic (exact) mass is 256 g/mol. The highest BCUT2D eigenvalue weighted by Gasteiger charge is 2.48. The van der Waals surface area contributed by atoms with Crippen molar-refractivity contribution in [2.75, 3.05) is 14.2 Å².